The van der Waals surface area contributed by atoms with Crippen molar-refractivity contribution in [2.75, 3.05) is 17.7 Å². The number of anilines is 3. The molecule has 1 fully saturated rings. The Bertz CT molecular complexity index is 928. The number of nitrogens with one attached hydrogen (secondary N) is 2. The molecular formula is C21H28N6O. The van der Waals surface area contributed by atoms with E-state index in [0.29, 0.717) is 12.1 Å². The molecule has 0 atom stereocenters. The van der Waals surface area contributed by atoms with Crippen molar-refractivity contribution in [1.82, 2.24) is 14.6 Å². The number of nitrogens with zero attached hydrogens (tertiary/aromatic N) is 3. The fourth-order valence-corrected chi connectivity index (χ4v) is 3.83. The van der Waals surface area contributed by atoms with Crippen LogP contribution in [0.25, 0.3) is 5.65 Å². The van der Waals surface area contributed by atoms with Gasteiger partial charge in [-0.1, -0.05) is 6.92 Å². The molecule has 0 amide bonds. The Hall–Kier alpha value is -2.80. The predicted octanol–water partition coefficient (Wildman–Crippen LogP) is 3.73. The first-order chi connectivity index (χ1) is 13.7. The van der Waals surface area contributed by atoms with Gasteiger partial charge in [0.15, 0.2) is 5.65 Å². The minimum Gasteiger partial charge on any atom is -0.497 e. The smallest absolute Gasteiger partial charge is 0.159 e. The lowest BCUT2D eigenvalue weighted by Gasteiger charge is -2.28. The third kappa shape index (κ3) is 3.75. The number of nitrogens with two attached hydrogens (primary N) is 1. The van der Waals surface area contributed by atoms with Gasteiger partial charge in [0.05, 0.1) is 13.3 Å². The molecule has 28 heavy (non-hydrogen) atoms. The van der Waals surface area contributed by atoms with Crippen LogP contribution in [-0.2, 0) is 6.42 Å². The van der Waals surface area contributed by atoms with E-state index >= 15 is 0 Å². The molecule has 2 heterocycles. The summed E-state index contributed by atoms with van der Waals surface area (Å²) < 4.78 is 7.13. The average molecular weight is 380 g/mol. The first-order valence-electron chi connectivity index (χ1n) is 9.97. The molecule has 0 bridgehead atoms. The van der Waals surface area contributed by atoms with Crippen molar-refractivity contribution in [2.45, 2.75) is 51.1 Å². The molecule has 0 spiro atoms. The van der Waals surface area contributed by atoms with Crippen molar-refractivity contribution < 1.29 is 4.74 Å². The lowest BCUT2D eigenvalue weighted by molar-refractivity contribution is 0.410. The van der Waals surface area contributed by atoms with Crippen molar-refractivity contribution in [3.63, 3.8) is 0 Å². The average Bonchev–Trinajstić information content (AvgIpc) is 3.19. The standard InChI is InChI=1S/C21H28N6O/c1-3-18-20(24-15-6-4-14(22)5-7-15)26-19-12-13-23-27(19)21(18)25-16-8-10-17(28-2)11-9-16/h8-15,25H,3-7,22H2,1-2H3,(H,24,26). The quantitative estimate of drug-likeness (QED) is 0.604. The number of rotatable bonds is 6. The van der Waals surface area contributed by atoms with Gasteiger partial charge in [-0.3, -0.25) is 0 Å². The van der Waals surface area contributed by atoms with Crippen LogP contribution in [0.15, 0.2) is 36.5 Å². The zero-order chi connectivity index (χ0) is 19.5. The zero-order valence-electron chi connectivity index (χ0n) is 16.5. The third-order valence-electron chi connectivity index (χ3n) is 5.45. The second-order valence-corrected chi connectivity index (χ2v) is 7.35. The van der Waals surface area contributed by atoms with Crippen LogP contribution in [0.4, 0.5) is 17.3 Å². The summed E-state index contributed by atoms with van der Waals surface area (Å²) in [6.45, 7) is 2.15. The van der Waals surface area contributed by atoms with Gasteiger partial charge in [0.1, 0.15) is 17.4 Å². The van der Waals surface area contributed by atoms with E-state index < -0.39 is 0 Å². The Labute approximate surface area is 165 Å². The molecule has 7 heteroatoms. The van der Waals surface area contributed by atoms with E-state index in [1.165, 1.54) is 0 Å². The first kappa shape index (κ1) is 18.6. The van der Waals surface area contributed by atoms with E-state index in [9.17, 15) is 0 Å². The predicted molar refractivity (Wildman–Crippen MR) is 112 cm³/mol. The number of hydrogen-bond acceptors (Lipinski definition) is 6. The summed E-state index contributed by atoms with van der Waals surface area (Å²) in [6.07, 6.45) is 6.91. The number of benzene rings is 1. The van der Waals surface area contributed by atoms with Crippen LogP contribution in [0.1, 0.15) is 38.2 Å². The Balaban J connectivity index is 1.68. The molecule has 4 N–H and O–H groups in total. The molecule has 1 saturated carbocycles. The summed E-state index contributed by atoms with van der Waals surface area (Å²) in [7, 11) is 1.67. The monoisotopic (exact) mass is 380 g/mol. The number of hydrogen-bond donors (Lipinski definition) is 3. The maximum atomic E-state index is 6.06. The molecule has 148 valence electrons. The summed E-state index contributed by atoms with van der Waals surface area (Å²) in [5.41, 5.74) is 8.99. The fourth-order valence-electron chi connectivity index (χ4n) is 3.83. The summed E-state index contributed by atoms with van der Waals surface area (Å²) in [5.74, 6) is 2.71. The minimum absolute atomic E-state index is 0.335. The van der Waals surface area contributed by atoms with Gasteiger partial charge in [0.25, 0.3) is 0 Å². The molecule has 4 rings (SSSR count). The van der Waals surface area contributed by atoms with Gasteiger partial charge in [-0.25, -0.2) is 4.98 Å². The molecule has 1 aliphatic carbocycles. The van der Waals surface area contributed by atoms with E-state index in [1.807, 2.05) is 34.8 Å². The van der Waals surface area contributed by atoms with Crippen molar-refractivity contribution in [1.29, 1.82) is 0 Å². The van der Waals surface area contributed by atoms with Crippen LogP contribution in [0.5, 0.6) is 5.75 Å². The molecule has 7 nitrogen and oxygen atoms in total. The van der Waals surface area contributed by atoms with E-state index in [-0.39, 0.29) is 0 Å². The van der Waals surface area contributed by atoms with Crippen molar-refractivity contribution >= 4 is 23.0 Å². The molecule has 3 aromatic rings. The maximum Gasteiger partial charge on any atom is 0.159 e. The Morgan fingerprint density at radius 2 is 1.89 bits per heavy atom. The molecule has 0 aliphatic heterocycles. The van der Waals surface area contributed by atoms with Gasteiger partial charge in [0, 0.05) is 29.4 Å². The molecule has 0 radical (unpaired) electrons. The van der Waals surface area contributed by atoms with Gasteiger partial charge in [-0.2, -0.15) is 9.61 Å². The molecule has 1 aromatic carbocycles. The van der Waals surface area contributed by atoms with E-state index in [0.717, 1.165) is 66.4 Å². The highest BCUT2D eigenvalue weighted by atomic mass is 16.5. The van der Waals surface area contributed by atoms with E-state index in [2.05, 4.69) is 22.7 Å². The van der Waals surface area contributed by atoms with Crippen LogP contribution in [0.2, 0.25) is 0 Å². The van der Waals surface area contributed by atoms with Crippen LogP contribution in [0.3, 0.4) is 0 Å². The van der Waals surface area contributed by atoms with Gasteiger partial charge < -0.3 is 21.1 Å². The van der Waals surface area contributed by atoms with Crippen LogP contribution < -0.4 is 21.1 Å². The van der Waals surface area contributed by atoms with Gasteiger partial charge >= 0.3 is 0 Å². The van der Waals surface area contributed by atoms with E-state index in [1.54, 1.807) is 13.3 Å². The SMILES string of the molecule is CCc1c(NC2CCC(N)CC2)nc2ccnn2c1Nc1ccc(OC)cc1. The fraction of sp³-hybridized carbons (Fsp3) is 0.429. The zero-order valence-corrected chi connectivity index (χ0v) is 16.5. The molecule has 1 aliphatic rings. The van der Waals surface area contributed by atoms with Crippen molar-refractivity contribution in [3.05, 3.63) is 42.1 Å². The largest absolute Gasteiger partial charge is 0.497 e. The lowest BCUT2D eigenvalue weighted by atomic mass is 9.92. The van der Waals surface area contributed by atoms with Crippen LogP contribution in [0, 0.1) is 0 Å². The highest BCUT2D eigenvalue weighted by molar-refractivity contribution is 5.69. The van der Waals surface area contributed by atoms with E-state index in [4.69, 9.17) is 15.5 Å². The van der Waals surface area contributed by atoms with Gasteiger partial charge in [-0.05, 0) is 56.4 Å². The van der Waals surface area contributed by atoms with Gasteiger partial charge in [-0.15, -0.1) is 0 Å². The number of aromatic nitrogens is 3. The molecule has 0 unspecified atom stereocenters. The second kappa shape index (κ2) is 8.06. The summed E-state index contributed by atoms with van der Waals surface area (Å²) in [4.78, 5) is 4.85. The third-order valence-corrected chi connectivity index (χ3v) is 5.45. The van der Waals surface area contributed by atoms with Gasteiger partial charge in [0.2, 0.25) is 0 Å². The lowest BCUT2D eigenvalue weighted by Crippen LogP contribution is -2.33. The van der Waals surface area contributed by atoms with Crippen molar-refractivity contribution in [2.24, 2.45) is 5.73 Å². The summed E-state index contributed by atoms with van der Waals surface area (Å²) >= 11 is 0. The normalized spacial score (nSPS) is 19.5. The van der Waals surface area contributed by atoms with Crippen LogP contribution >= 0.6 is 0 Å². The minimum atomic E-state index is 0.335. The maximum absolute atomic E-state index is 6.06. The van der Waals surface area contributed by atoms with Crippen molar-refractivity contribution in [3.8, 4) is 5.75 Å². The summed E-state index contributed by atoms with van der Waals surface area (Å²) in [5, 5.41) is 11.7. The number of methoxy groups -OCH3 is 1. The first-order valence-corrected chi connectivity index (χ1v) is 9.97. The molecular weight excluding hydrogens is 352 g/mol. The number of ether oxygens (including phenoxy) is 1. The van der Waals surface area contributed by atoms with Crippen LogP contribution in [-0.4, -0.2) is 33.8 Å². The molecule has 0 saturated heterocycles. The topological polar surface area (TPSA) is 89.5 Å². The highest BCUT2D eigenvalue weighted by Crippen LogP contribution is 2.30. The highest BCUT2D eigenvalue weighted by Gasteiger charge is 2.22. The Kier molecular flexibility index (Phi) is 5.34. The Morgan fingerprint density at radius 1 is 1.14 bits per heavy atom. The molecule has 2 aromatic heterocycles. The summed E-state index contributed by atoms with van der Waals surface area (Å²) in [6, 6.07) is 10.6. The Morgan fingerprint density at radius 3 is 2.57 bits per heavy atom. The second-order valence-electron chi connectivity index (χ2n) is 7.35. The number of fused-ring (bicyclic) bond motifs is 1.